The largest absolute Gasteiger partial charge is 0.459 e. The van der Waals surface area contributed by atoms with E-state index in [2.05, 4.69) is 0 Å². The van der Waals surface area contributed by atoms with E-state index in [-0.39, 0.29) is 54.3 Å². The quantitative estimate of drug-likeness (QED) is 0.483. The van der Waals surface area contributed by atoms with Crippen LogP contribution in [0.2, 0.25) is 0 Å². The Morgan fingerprint density at radius 3 is 2.31 bits per heavy atom. The number of likely N-dealkylation sites (tertiary alicyclic amines) is 1. The van der Waals surface area contributed by atoms with E-state index in [0.29, 0.717) is 19.4 Å². The number of hydrogen-bond donors (Lipinski definition) is 0. The molecule has 0 radical (unpaired) electrons. The molecule has 1 aromatic heterocycles. The zero-order valence-corrected chi connectivity index (χ0v) is 17.9. The Bertz CT molecular complexity index is 1110. The van der Waals surface area contributed by atoms with Gasteiger partial charge in [0.1, 0.15) is 6.04 Å². The highest BCUT2D eigenvalue weighted by Crippen LogP contribution is 2.24. The number of carbonyl (C=O) groups is 2. The third-order valence-electron chi connectivity index (χ3n) is 5.77. The number of nitro groups is 1. The molecular formula is C20H22N4O7S. The van der Waals surface area contributed by atoms with Crippen molar-refractivity contribution in [1.29, 1.82) is 0 Å². The second-order valence-corrected chi connectivity index (χ2v) is 9.55. The molecule has 0 N–H and O–H groups in total. The molecule has 11 nitrogen and oxygen atoms in total. The van der Waals surface area contributed by atoms with Crippen molar-refractivity contribution in [3.8, 4) is 0 Å². The summed E-state index contributed by atoms with van der Waals surface area (Å²) in [5.74, 6) is -0.344. The van der Waals surface area contributed by atoms with Crippen molar-refractivity contribution in [2.75, 3.05) is 32.7 Å². The minimum Gasteiger partial charge on any atom is -0.459 e. The van der Waals surface area contributed by atoms with Crippen LogP contribution in [0.5, 0.6) is 0 Å². The molecule has 0 bridgehead atoms. The highest BCUT2D eigenvalue weighted by molar-refractivity contribution is 7.89. The molecule has 0 spiro atoms. The SMILES string of the molecule is O=C(C1CCCN1C(=O)c1ccco1)N1CCN(S(=O)(=O)c2ccc([N+](=O)[O-])cc2)CC1. The van der Waals surface area contributed by atoms with Gasteiger partial charge in [0.15, 0.2) is 5.76 Å². The van der Waals surface area contributed by atoms with E-state index in [0.717, 1.165) is 12.1 Å². The molecule has 170 valence electrons. The van der Waals surface area contributed by atoms with Crippen molar-refractivity contribution >= 4 is 27.5 Å². The van der Waals surface area contributed by atoms with Gasteiger partial charge < -0.3 is 14.2 Å². The van der Waals surface area contributed by atoms with Crippen LogP contribution in [0.3, 0.4) is 0 Å². The Labute approximate surface area is 184 Å². The molecule has 1 atom stereocenters. The van der Waals surface area contributed by atoms with Gasteiger partial charge in [0.05, 0.1) is 16.1 Å². The lowest BCUT2D eigenvalue weighted by molar-refractivity contribution is -0.384. The lowest BCUT2D eigenvalue weighted by Crippen LogP contribution is -2.55. The van der Waals surface area contributed by atoms with E-state index in [1.54, 1.807) is 17.0 Å². The third-order valence-corrected chi connectivity index (χ3v) is 7.68. The summed E-state index contributed by atoms with van der Waals surface area (Å²) in [6, 6.07) is 7.30. The molecule has 2 amide bonds. The normalized spacial score (nSPS) is 19.8. The Morgan fingerprint density at radius 1 is 1.03 bits per heavy atom. The Morgan fingerprint density at radius 2 is 1.72 bits per heavy atom. The highest BCUT2D eigenvalue weighted by atomic mass is 32.2. The number of sulfonamides is 1. The van der Waals surface area contributed by atoms with Crippen LogP contribution in [0.4, 0.5) is 5.69 Å². The Kier molecular flexibility index (Phi) is 5.98. The number of nitrogens with zero attached hydrogens (tertiary/aromatic N) is 4. The van der Waals surface area contributed by atoms with Crippen molar-refractivity contribution in [3.05, 3.63) is 58.5 Å². The van der Waals surface area contributed by atoms with E-state index in [4.69, 9.17) is 4.42 Å². The molecule has 32 heavy (non-hydrogen) atoms. The first kappa shape index (κ1) is 22.0. The maximum atomic E-state index is 13.1. The minimum absolute atomic E-state index is 0.0334. The smallest absolute Gasteiger partial charge is 0.290 e. The molecule has 0 saturated carbocycles. The van der Waals surface area contributed by atoms with Gasteiger partial charge in [0, 0.05) is 44.9 Å². The summed E-state index contributed by atoms with van der Waals surface area (Å²) < 4.78 is 32.2. The minimum atomic E-state index is -3.83. The van der Waals surface area contributed by atoms with Crippen molar-refractivity contribution in [1.82, 2.24) is 14.1 Å². The fourth-order valence-corrected chi connectivity index (χ4v) is 5.48. The number of non-ortho nitro benzene ring substituents is 1. The summed E-state index contributed by atoms with van der Waals surface area (Å²) in [4.78, 5) is 39.0. The predicted octanol–water partition coefficient (Wildman–Crippen LogP) is 1.33. The second kappa shape index (κ2) is 8.71. The average molecular weight is 462 g/mol. The fraction of sp³-hybridized carbons (Fsp3) is 0.400. The Hall–Kier alpha value is -3.25. The van der Waals surface area contributed by atoms with E-state index in [1.165, 1.54) is 27.6 Å². The van der Waals surface area contributed by atoms with Gasteiger partial charge in [-0.15, -0.1) is 0 Å². The number of furan rings is 1. The molecule has 0 aliphatic carbocycles. The number of nitro benzene ring substituents is 1. The maximum absolute atomic E-state index is 13.1. The number of benzene rings is 1. The van der Waals surface area contributed by atoms with Crippen molar-refractivity contribution < 1.29 is 27.3 Å². The molecular weight excluding hydrogens is 440 g/mol. The van der Waals surface area contributed by atoms with Gasteiger partial charge in [-0.1, -0.05) is 0 Å². The molecule has 2 aliphatic heterocycles. The second-order valence-electron chi connectivity index (χ2n) is 7.61. The van der Waals surface area contributed by atoms with Gasteiger partial charge in [-0.05, 0) is 37.1 Å². The molecule has 12 heteroatoms. The highest BCUT2D eigenvalue weighted by Gasteiger charge is 2.39. The van der Waals surface area contributed by atoms with Crippen LogP contribution in [0.25, 0.3) is 0 Å². The van der Waals surface area contributed by atoms with Crippen LogP contribution in [0, 0.1) is 10.1 Å². The van der Waals surface area contributed by atoms with E-state index >= 15 is 0 Å². The number of hydrogen-bond acceptors (Lipinski definition) is 7. The van der Waals surface area contributed by atoms with Gasteiger partial charge in [-0.25, -0.2) is 8.42 Å². The van der Waals surface area contributed by atoms with E-state index in [1.807, 2.05) is 0 Å². The Balaban J connectivity index is 1.40. The third kappa shape index (κ3) is 4.10. The van der Waals surface area contributed by atoms with Crippen LogP contribution in [-0.2, 0) is 14.8 Å². The first-order valence-corrected chi connectivity index (χ1v) is 11.6. The number of piperazine rings is 1. The van der Waals surface area contributed by atoms with Crippen LogP contribution in [0.15, 0.2) is 52.0 Å². The summed E-state index contributed by atoms with van der Waals surface area (Å²) in [7, 11) is -3.83. The molecule has 2 fully saturated rings. The lowest BCUT2D eigenvalue weighted by atomic mass is 10.1. The summed E-state index contributed by atoms with van der Waals surface area (Å²) in [6.07, 6.45) is 2.66. The van der Waals surface area contributed by atoms with Crippen molar-refractivity contribution in [3.63, 3.8) is 0 Å². The van der Waals surface area contributed by atoms with Gasteiger partial charge in [-0.3, -0.25) is 19.7 Å². The number of carbonyl (C=O) groups excluding carboxylic acids is 2. The van der Waals surface area contributed by atoms with Gasteiger partial charge >= 0.3 is 0 Å². The number of rotatable bonds is 5. The molecule has 4 rings (SSSR count). The summed E-state index contributed by atoms with van der Waals surface area (Å²) in [6.45, 7) is 1.06. The predicted molar refractivity (Wildman–Crippen MR) is 111 cm³/mol. The van der Waals surface area contributed by atoms with Crippen molar-refractivity contribution in [2.45, 2.75) is 23.8 Å². The molecule has 1 aromatic carbocycles. The van der Waals surface area contributed by atoms with Crippen LogP contribution < -0.4 is 0 Å². The molecule has 3 heterocycles. The zero-order valence-electron chi connectivity index (χ0n) is 17.1. The summed E-state index contributed by atoms with van der Waals surface area (Å²) in [5, 5.41) is 10.8. The van der Waals surface area contributed by atoms with Crippen LogP contribution >= 0.6 is 0 Å². The van der Waals surface area contributed by atoms with Crippen molar-refractivity contribution in [2.24, 2.45) is 0 Å². The van der Waals surface area contributed by atoms with Gasteiger partial charge in [-0.2, -0.15) is 4.31 Å². The molecule has 2 saturated heterocycles. The average Bonchev–Trinajstić information content (AvgIpc) is 3.51. The van der Waals surface area contributed by atoms with Gasteiger partial charge in [0.2, 0.25) is 15.9 Å². The molecule has 2 aromatic rings. The first-order valence-electron chi connectivity index (χ1n) is 10.2. The van der Waals surface area contributed by atoms with Crippen LogP contribution in [-0.4, -0.2) is 78.0 Å². The summed E-state index contributed by atoms with van der Waals surface area (Å²) in [5.41, 5.74) is -0.190. The monoisotopic (exact) mass is 462 g/mol. The van der Waals surface area contributed by atoms with E-state index < -0.39 is 21.0 Å². The zero-order chi connectivity index (χ0) is 22.9. The first-order chi connectivity index (χ1) is 15.3. The number of amides is 2. The van der Waals surface area contributed by atoms with E-state index in [9.17, 15) is 28.1 Å². The molecule has 1 unspecified atom stereocenters. The fourth-order valence-electron chi connectivity index (χ4n) is 4.06. The summed E-state index contributed by atoms with van der Waals surface area (Å²) >= 11 is 0. The van der Waals surface area contributed by atoms with Gasteiger partial charge in [0.25, 0.3) is 11.6 Å². The molecule has 2 aliphatic rings. The maximum Gasteiger partial charge on any atom is 0.290 e. The lowest BCUT2D eigenvalue weighted by Gasteiger charge is -2.36. The standard InChI is InChI=1S/C20H22N4O7S/c25-19(17-3-1-9-23(17)20(26)18-4-2-14-31-18)21-10-12-22(13-11-21)32(29,30)16-7-5-15(6-8-16)24(27)28/h2,4-8,14,17H,1,3,9-13H2. The topological polar surface area (TPSA) is 134 Å². The van der Waals surface area contributed by atoms with Crippen LogP contribution in [0.1, 0.15) is 23.4 Å².